The summed E-state index contributed by atoms with van der Waals surface area (Å²) in [6.45, 7) is 37.2. The van der Waals surface area contributed by atoms with Gasteiger partial charge in [0.15, 0.2) is 37.5 Å². The molecular weight excluding hydrogens is 911 g/mol. The lowest BCUT2D eigenvalue weighted by Gasteiger charge is -2.52. The number of esters is 1. The number of hydrogen-bond donors (Lipinski definition) is 2. The number of carbonyl (C=O) groups excluding carboxylic acids is 2. The highest BCUT2D eigenvalue weighted by molar-refractivity contribution is 6.70. The number of cyclic esters (lactones) is 1. The minimum atomic E-state index is -2.43. The van der Waals surface area contributed by atoms with Gasteiger partial charge in [-0.05, 0) is 127 Å². The Kier molecular flexibility index (Phi) is 20.8. The summed E-state index contributed by atoms with van der Waals surface area (Å²) in [4.78, 5) is 32.0. The van der Waals surface area contributed by atoms with Gasteiger partial charge in [-0.3, -0.25) is 9.59 Å². The molecule has 19 atom stereocenters. The van der Waals surface area contributed by atoms with Gasteiger partial charge in [-0.15, -0.1) is 6.42 Å². The maximum Gasteiger partial charge on any atom is 0.311 e. The fourth-order valence-electron chi connectivity index (χ4n) is 10.8. The van der Waals surface area contributed by atoms with E-state index < -0.39 is 145 Å². The van der Waals surface area contributed by atoms with E-state index in [0.717, 1.165) is 0 Å². The van der Waals surface area contributed by atoms with Crippen LogP contribution < -0.4 is 0 Å². The average Bonchev–Trinajstić information content (AvgIpc) is 3.18. The van der Waals surface area contributed by atoms with E-state index in [0.29, 0.717) is 6.42 Å². The van der Waals surface area contributed by atoms with Crippen molar-refractivity contribution in [3.63, 3.8) is 0 Å². The predicted octanol–water partition coefficient (Wildman–Crippen LogP) is 6.99. The highest BCUT2D eigenvalue weighted by atomic mass is 28.4. The average molecular weight is 1000 g/mol. The van der Waals surface area contributed by atoms with Crippen LogP contribution in [0.25, 0.3) is 0 Å². The van der Waals surface area contributed by atoms with E-state index in [9.17, 15) is 10.2 Å². The molecule has 0 aliphatic carbocycles. The number of likely N-dealkylation sites (N-methyl/N-ethyl adjacent to an activating group) is 1. The van der Waals surface area contributed by atoms with Gasteiger partial charge in [0, 0.05) is 31.3 Å². The zero-order valence-electron chi connectivity index (χ0n) is 45.4. The Morgan fingerprint density at radius 2 is 1.36 bits per heavy atom. The van der Waals surface area contributed by atoms with Crippen molar-refractivity contribution < 1.29 is 66.2 Å². The fraction of sp³-hybridized carbons (Fsp3) is 0.918. The van der Waals surface area contributed by atoms with E-state index >= 15 is 9.59 Å². The molecule has 0 aromatic carbocycles. The summed E-state index contributed by atoms with van der Waals surface area (Å²) in [5.41, 5.74) is -3.87. The first-order valence-electron chi connectivity index (χ1n) is 24.6. The van der Waals surface area contributed by atoms with Crippen molar-refractivity contribution >= 4 is 36.7 Å². The number of hydrogen-bond acceptors (Lipinski definition) is 15. The molecule has 0 aromatic rings. The van der Waals surface area contributed by atoms with E-state index in [1.165, 1.54) is 0 Å². The zero-order valence-corrected chi connectivity index (χ0v) is 48.4. The van der Waals surface area contributed by atoms with E-state index in [4.69, 9.17) is 52.9 Å². The molecule has 0 aromatic heterocycles. The van der Waals surface area contributed by atoms with Gasteiger partial charge in [-0.25, -0.2) is 0 Å². The van der Waals surface area contributed by atoms with Crippen LogP contribution in [0.4, 0.5) is 0 Å². The minimum Gasteiger partial charge on any atom is -0.459 e. The van der Waals surface area contributed by atoms with Crippen molar-refractivity contribution in [3.05, 3.63) is 0 Å². The van der Waals surface area contributed by atoms with E-state index in [-0.39, 0.29) is 25.2 Å². The Balaban J connectivity index is 2.34. The van der Waals surface area contributed by atoms with Gasteiger partial charge in [0.2, 0.25) is 0 Å². The summed E-state index contributed by atoms with van der Waals surface area (Å²) in [5.74, 6) is -1.52. The molecule has 18 heteroatoms. The molecule has 3 rings (SSSR count). The maximum atomic E-state index is 15.1. The maximum absolute atomic E-state index is 15.1. The summed E-state index contributed by atoms with van der Waals surface area (Å²) in [7, 11) is -1.62. The van der Waals surface area contributed by atoms with E-state index in [1.54, 1.807) is 21.0 Å². The standard InChI is InChI=1S/C49H93NO14Si3/c1-24-26-56-41-33(7)58-46(39(52)37(41)50(12)13)61-42-31(5)40(60-36-28-48(10,55-14)44(34(8)57-36)63-66(18,19)20)32(6)45(53)59-35(25-2)49(11,64-67(21,22)23)43(62-65(15,16)17)30(4)38(51)29(3)27-47(42,9)54/h1,29-37,39-44,46,52,54H,25-28H2,2-23H3/t29-,30+,31+,32-,33-,34+,35-,36+,37?,39-,40+,41-,42-,43-,44+,46+,47-,48+,49-/m1/s1. The third-order valence-corrected chi connectivity index (χ3v) is 16.6. The summed E-state index contributed by atoms with van der Waals surface area (Å²) >= 11 is 0. The number of ether oxygens (including phenoxy) is 7. The first-order chi connectivity index (χ1) is 30.5. The molecule has 390 valence electrons. The summed E-state index contributed by atoms with van der Waals surface area (Å²) in [5, 5.41) is 25.1. The highest BCUT2D eigenvalue weighted by Gasteiger charge is 2.57. The monoisotopic (exact) mass is 1000 g/mol. The Bertz CT molecular complexity index is 1660. The molecule has 15 nitrogen and oxygen atoms in total. The van der Waals surface area contributed by atoms with Crippen molar-refractivity contribution in [2.24, 2.45) is 23.7 Å². The van der Waals surface area contributed by atoms with Crippen LogP contribution in [-0.4, -0.2) is 170 Å². The molecule has 3 aliphatic rings. The third-order valence-electron chi connectivity index (χ3n) is 13.7. The molecule has 67 heavy (non-hydrogen) atoms. The number of carbonyl (C=O) groups is 2. The van der Waals surface area contributed by atoms with Crippen LogP contribution >= 0.6 is 0 Å². The number of Topliss-reactive ketones (excluding diaryl/α,β-unsaturated/α-hetero) is 1. The van der Waals surface area contributed by atoms with E-state index in [1.807, 2.05) is 74.4 Å². The molecule has 0 spiro atoms. The zero-order chi connectivity index (χ0) is 51.6. The van der Waals surface area contributed by atoms with E-state index in [2.05, 4.69) is 64.8 Å². The molecule has 0 radical (unpaired) electrons. The number of aliphatic hydroxyl groups is 2. The second-order valence-electron chi connectivity index (χ2n) is 23.6. The van der Waals surface area contributed by atoms with Crippen LogP contribution in [0.3, 0.4) is 0 Å². The Morgan fingerprint density at radius 1 is 0.791 bits per heavy atom. The molecule has 3 heterocycles. The van der Waals surface area contributed by atoms with Crippen LogP contribution in [0, 0.1) is 36.0 Å². The normalized spacial score (nSPS) is 42.5. The van der Waals surface area contributed by atoms with Crippen LogP contribution in [-0.2, 0) is 56.0 Å². The Morgan fingerprint density at radius 3 is 1.85 bits per heavy atom. The van der Waals surface area contributed by atoms with Crippen LogP contribution in [0.15, 0.2) is 0 Å². The van der Waals surface area contributed by atoms with Gasteiger partial charge < -0.3 is 61.5 Å². The highest BCUT2D eigenvalue weighted by Crippen LogP contribution is 2.43. The number of methoxy groups -OCH3 is 1. The second-order valence-corrected chi connectivity index (χ2v) is 37.0. The predicted molar refractivity (Wildman–Crippen MR) is 267 cm³/mol. The van der Waals surface area contributed by atoms with Gasteiger partial charge in [-0.1, -0.05) is 33.6 Å². The molecular formula is C49H93NO14Si3. The Labute approximate surface area is 408 Å². The number of rotatable bonds is 15. The van der Waals surface area contributed by atoms with Crippen molar-refractivity contribution in [1.29, 1.82) is 0 Å². The van der Waals surface area contributed by atoms with Gasteiger partial charge in [0.25, 0.3) is 0 Å². The lowest BCUT2D eigenvalue weighted by atomic mass is 9.74. The van der Waals surface area contributed by atoms with Crippen molar-refractivity contribution in [3.8, 4) is 12.3 Å². The number of terminal acetylenes is 1. The molecule has 3 fully saturated rings. The Hall–Kier alpha value is -1.13. The molecule has 3 aliphatic heterocycles. The van der Waals surface area contributed by atoms with Gasteiger partial charge in [-0.2, -0.15) is 0 Å². The van der Waals surface area contributed by atoms with Crippen LogP contribution in [0.5, 0.6) is 0 Å². The fourth-order valence-corrected chi connectivity index (χ4v) is 14.8. The largest absolute Gasteiger partial charge is 0.459 e. The molecule has 0 amide bonds. The van der Waals surface area contributed by atoms with Gasteiger partial charge in [0.1, 0.15) is 36.3 Å². The van der Waals surface area contributed by atoms with Crippen molar-refractivity contribution in [2.75, 3.05) is 27.8 Å². The molecule has 0 bridgehead atoms. The first kappa shape index (κ1) is 60.2. The minimum absolute atomic E-state index is 0.00774. The van der Waals surface area contributed by atoms with Crippen molar-refractivity contribution in [1.82, 2.24) is 4.90 Å². The summed E-state index contributed by atoms with van der Waals surface area (Å²) in [6.07, 6.45) is -3.36. The summed E-state index contributed by atoms with van der Waals surface area (Å²) in [6, 6.07) is -0.625. The number of aliphatic hydroxyl groups excluding tert-OH is 1. The van der Waals surface area contributed by atoms with Gasteiger partial charge in [0.05, 0.1) is 59.8 Å². The molecule has 3 saturated heterocycles. The lowest BCUT2D eigenvalue weighted by molar-refractivity contribution is -0.328. The SMILES string of the molecule is C#CCO[C@H]1C(N(C)C)[C@@H](O)[C@H](O[C@@H]2[C@@H](C)[C@H](O[C@H]3C[C@](C)(OC)[C@@H](O[Si](C)(C)C)[C@H](C)O3)[C@@H](C)C(=O)O[C@H](CC)[C@@](C)(O[Si](C)(C)C)[C@H](O[Si](C)(C)C)[C@@H](C)C(=O)[C@H](C)C[C@@]2(C)O)O[C@@H]1C. The molecule has 0 saturated carbocycles. The number of ketones is 1. The topological polar surface area (TPSA) is 170 Å². The van der Waals surface area contributed by atoms with Crippen LogP contribution in [0.1, 0.15) is 88.5 Å². The van der Waals surface area contributed by atoms with Crippen molar-refractivity contribution in [2.45, 2.75) is 238 Å². The smallest absolute Gasteiger partial charge is 0.311 e. The third kappa shape index (κ3) is 15.2. The summed E-state index contributed by atoms with van der Waals surface area (Å²) < 4.78 is 66.7. The molecule has 1 unspecified atom stereocenters. The quantitative estimate of drug-likeness (QED) is 0.0977. The number of nitrogens with zero attached hydrogens (tertiary/aromatic N) is 1. The van der Waals surface area contributed by atoms with Crippen LogP contribution in [0.2, 0.25) is 58.9 Å². The second kappa shape index (κ2) is 23.2. The lowest BCUT2D eigenvalue weighted by Crippen LogP contribution is -2.65. The first-order valence-corrected chi connectivity index (χ1v) is 34.8. The molecule has 2 N–H and O–H groups in total. The van der Waals surface area contributed by atoms with Gasteiger partial charge >= 0.3 is 5.97 Å².